The summed E-state index contributed by atoms with van der Waals surface area (Å²) in [5.74, 6) is 1.03. The molecule has 1 aliphatic rings. The van der Waals surface area contributed by atoms with E-state index >= 15 is 0 Å². The van der Waals surface area contributed by atoms with Crippen molar-refractivity contribution >= 4 is 35.0 Å². The highest BCUT2D eigenvalue weighted by Crippen LogP contribution is 2.27. The van der Waals surface area contributed by atoms with Gasteiger partial charge in [0.15, 0.2) is 11.0 Å². The van der Waals surface area contributed by atoms with Gasteiger partial charge < -0.3 is 9.88 Å². The summed E-state index contributed by atoms with van der Waals surface area (Å²) in [6.45, 7) is 2.76. The molecule has 0 unspecified atom stereocenters. The molecule has 2 aromatic carbocycles. The van der Waals surface area contributed by atoms with Gasteiger partial charge in [0.1, 0.15) is 0 Å². The Morgan fingerprint density at radius 1 is 1.14 bits per heavy atom. The highest BCUT2D eigenvalue weighted by Gasteiger charge is 2.15. The maximum Gasteiger partial charge on any atom is 0.234 e. The molecule has 5 nitrogen and oxygen atoms in total. The van der Waals surface area contributed by atoms with E-state index in [0.29, 0.717) is 5.02 Å². The summed E-state index contributed by atoms with van der Waals surface area (Å²) in [6.07, 6.45) is 3.44. The number of fused-ring (bicyclic) bond motifs is 1. The van der Waals surface area contributed by atoms with Crippen molar-refractivity contribution in [3.8, 4) is 11.4 Å². The van der Waals surface area contributed by atoms with Gasteiger partial charge in [-0.15, -0.1) is 10.2 Å². The first-order valence-electron chi connectivity index (χ1n) is 9.37. The minimum atomic E-state index is -0.0401. The highest BCUT2D eigenvalue weighted by atomic mass is 35.5. The molecular weight excluding hydrogens is 392 g/mol. The van der Waals surface area contributed by atoms with E-state index in [1.165, 1.54) is 29.3 Å². The zero-order valence-electron chi connectivity index (χ0n) is 15.6. The number of amides is 1. The molecule has 4 rings (SSSR count). The number of nitrogens with zero attached hydrogens (tertiary/aromatic N) is 3. The topological polar surface area (TPSA) is 59.8 Å². The van der Waals surface area contributed by atoms with Crippen LogP contribution in [0.1, 0.15) is 24.5 Å². The zero-order valence-corrected chi connectivity index (χ0v) is 17.2. The van der Waals surface area contributed by atoms with Gasteiger partial charge in [-0.2, -0.15) is 0 Å². The van der Waals surface area contributed by atoms with Crippen LogP contribution in [0.5, 0.6) is 0 Å². The molecule has 0 saturated heterocycles. The van der Waals surface area contributed by atoms with E-state index in [1.807, 2.05) is 41.8 Å². The molecule has 0 saturated carbocycles. The van der Waals surface area contributed by atoms with Gasteiger partial charge in [-0.3, -0.25) is 4.79 Å². The van der Waals surface area contributed by atoms with Crippen molar-refractivity contribution in [2.45, 2.75) is 37.9 Å². The van der Waals surface area contributed by atoms with Crippen molar-refractivity contribution in [1.29, 1.82) is 0 Å². The average Bonchev–Trinajstić information content (AvgIpc) is 3.33. The quantitative estimate of drug-likeness (QED) is 0.588. The van der Waals surface area contributed by atoms with Crippen LogP contribution in [0.3, 0.4) is 0 Å². The van der Waals surface area contributed by atoms with Crippen molar-refractivity contribution in [3.05, 3.63) is 58.6 Å². The monoisotopic (exact) mass is 412 g/mol. The number of rotatable bonds is 6. The zero-order chi connectivity index (χ0) is 19.5. The predicted molar refractivity (Wildman–Crippen MR) is 114 cm³/mol. The molecule has 0 spiro atoms. The van der Waals surface area contributed by atoms with E-state index in [4.69, 9.17) is 11.6 Å². The van der Waals surface area contributed by atoms with Gasteiger partial charge in [0.2, 0.25) is 5.91 Å². The predicted octanol–water partition coefficient (Wildman–Crippen LogP) is 4.84. The van der Waals surface area contributed by atoms with Crippen molar-refractivity contribution in [2.75, 3.05) is 11.1 Å². The minimum absolute atomic E-state index is 0.0401. The molecule has 0 radical (unpaired) electrons. The Labute approximate surface area is 173 Å². The van der Waals surface area contributed by atoms with E-state index in [2.05, 4.69) is 27.6 Å². The third-order valence-corrected chi connectivity index (χ3v) is 6.07. The molecule has 1 heterocycles. The van der Waals surface area contributed by atoms with Crippen LogP contribution in [0.4, 0.5) is 5.69 Å². The van der Waals surface area contributed by atoms with Gasteiger partial charge in [-0.25, -0.2) is 0 Å². The second-order valence-electron chi connectivity index (χ2n) is 6.73. The first-order chi connectivity index (χ1) is 13.6. The molecule has 1 N–H and O–H groups in total. The SMILES string of the molecule is CCn1c(SCC(=O)Nc2ccc3c(c2)CCC3)nnc1-c1ccc(Cl)cc1. The number of hydrogen-bond acceptors (Lipinski definition) is 4. The Kier molecular flexibility index (Phi) is 5.69. The maximum atomic E-state index is 12.4. The molecule has 7 heteroatoms. The first-order valence-corrected chi connectivity index (χ1v) is 10.7. The summed E-state index contributed by atoms with van der Waals surface area (Å²) in [5.41, 5.74) is 4.57. The Morgan fingerprint density at radius 3 is 2.71 bits per heavy atom. The average molecular weight is 413 g/mol. The fraction of sp³-hybridized carbons (Fsp3) is 0.286. The summed E-state index contributed by atoms with van der Waals surface area (Å²) < 4.78 is 2.01. The van der Waals surface area contributed by atoms with E-state index in [1.54, 1.807) is 0 Å². The van der Waals surface area contributed by atoms with Crippen LogP contribution in [-0.4, -0.2) is 26.4 Å². The van der Waals surface area contributed by atoms with Crippen LogP contribution in [0, 0.1) is 0 Å². The van der Waals surface area contributed by atoms with Gasteiger partial charge in [-0.1, -0.05) is 29.4 Å². The number of nitrogens with one attached hydrogen (secondary N) is 1. The third kappa shape index (κ3) is 4.08. The Morgan fingerprint density at radius 2 is 1.93 bits per heavy atom. The van der Waals surface area contributed by atoms with Gasteiger partial charge in [0.25, 0.3) is 0 Å². The fourth-order valence-electron chi connectivity index (χ4n) is 3.47. The summed E-state index contributed by atoms with van der Waals surface area (Å²) in [7, 11) is 0. The normalized spacial score (nSPS) is 12.8. The summed E-state index contributed by atoms with van der Waals surface area (Å²) >= 11 is 7.36. The molecule has 144 valence electrons. The lowest BCUT2D eigenvalue weighted by Crippen LogP contribution is -2.14. The molecule has 0 fully saturated rings. The van der Waals surface area contributed by atoms with Crippen LogP contribution in [0.2, 0.25) is 5.02 Å². The van der Waals surface area contributed by atoms with Gasteiger partial charge in [0, 0.05) is 22.8 Å². The first kappa shape index (κ1) is 19.0. The number of thioether (sulfide) groups is 1. The van der Waals surface area contributed by atoms with E-state index in [0.717, 1.165) is 41.6 Å². The lowest BCUT2D eigenvalue weighted by Gasteiger charge is -2.09. The van der Waals surface area contributed by atoms with Crippen LogP contribution >= 0.6 is 23.4 Å². The second-order valence-corrected chi connectivity index (χ2v) is 8.11. The number of halogens is 1. The number of aromatic nitrogens is 3. The molecular formula is C21H21ClN4OS. The molecule has 0 bridgehead atoms. The second kappa shape index (κ2) is 8.37. The summed E-state index contributed by atoms with van der Waals surface area (Å²) in [5, 5.41) is 13.0. The van der Waals surface area contributed by atoms with E-state index in [9.17, 15) is 4.79 Å². The van der Waals surface area contributed by atoms with Crippen molar-refractivity contribution < 1.29 is 4.79 Å². The molecule has 1 aliphatic carbocycles. The van der Waals surface area contributed by atoms with Gasteiger partial charge in [-0.05, 0) is 73.7 Å². The smallest absolute Gasteiger partial charge is 0.234 e. The standard InChI is InChI=1S/C21H21ClN4OS/c1-2-26-20(15-6-9-17(22)10-7-15)24-25-21(26)28-13-19(27)23-18-11-8-14-4-3-5-16(14)12-18/h6-12H,2-5,13H2,1H3,(H,23,27). The lowest BCUT2D eigenvalue weighted by molar-refractivity contribution is -0.113. The van der Waals surface area contributed by atoms with E-state index < -0.39 is 0 Å². The number of carbonyl (C=O) groups excluding carboxylic acids is 1. The van der Waals surface area contributed by atoms with Gasteiger partial charge >= 0.3 is 0 Å². The van der Waals surface area contributed by atoms with Crippen molar-refractivity contribution in [3.63, 3.8) is 0 Å². The number of anilines is 1. The highest BCUT2D eigenvalue weighted by molar-refractivity contribution is 7.99. The summed E-state index contributed by atoms with van der Waals surface area (Å²) in [6, 6.07) is 13.7. The van der Waals surface area contributed by atoms with Crippen LogP contribution in [-0.2, 0) is 24.2 Å². The number of carbonyl (C=O) groups is 1. The van der Waals surface area contributed by atoms with E-state index in [-0.39, 0.29) is 11.7 Å². The molecule has 0 atom stereocenters. The maximum absolute atomic E-state index is 12.4. The number of benzene rings is 2. The van der Waals surface area contributed by atoms with Crippen molar-refractivity contribution in [1.82, 2.24) is 14.8 Å². The third-order valence-electron chi connectivity index (χ3n) is 4.85. The fourth-order valence-corrected chi connectivity index (χ4v) is 4.40. The molecule has 28 heavy (non-hydrogen) atoms. The van der Waals surface area contributed by atoms with Crippen LogP contribution in [0.25, 0.3) is 11.4 Å². The lowest BCUT2D eigenvalue weighted by atomic mass is 10.1. The number of hydrogen-bond donors (Lipinski definition) is 1. The Balaban J connectivity index is 1.42. The molecule has 1 aromatic heterocycles. The molecule has 3 aromatic rings. The minimum Gasteiger partial charge on any atom is -0.325 e. The van der Waals surface area contributed by atoms with Gasteiger partial charge in [0.05, 0.1) is 5.75 Å². The molecule has 1 amide bonds. The number of aryl methyl sites for hydroxylation is 2. The van der Waals surface area contributed by atoms with Crippen LogP contribution < -0.4 is 5.32 Å². The largest absolute Gasteiger partial charge is 0.325 e. The summed E-state index contributed by atoms with van der Waals surface area (Å²) in [4.78, 5) is 12.4. The molecule has 0 aliphatic heterocycles. The van der Waals surface area contributed by atoms with Crippen molar-refractivity contribution in [2.24, 2.45) is 0 Å². The Hall–Kier alpha value is -2.31. The van der Waals surface area contributed by atoms with Crippen LogP contribution in [0.15, 0.2) is 47.6 Å². The Bertz CT molecular complexity index is 1000.